The van der Waals surface area contributed by atoms with Crippen LogP contribution in [0.4, 0.5) is 17.1 Å². The van der Waals surface area contributed by atoms with Gasteiger partial charge in [0, 0.05) is 43.5 Å². The van der Waals surface area contributed by atoms with Crippen molar-refractivity contribution in [2.45, 2.75) is 52.6 Å². The van der Waals surface area contributed by atoms with Crippen LogP contribution in [0.5, 0.6) is 0 Å². The van der Waals surface area contributed by atoms with Gasteiger partial charge < -0.3 is 20.6 Å². The van der Waals surface area contributed by atoms with Crippen molar-refractivity contribution in [3.8, 4) is 0 Å². The molecule has 7 nitrogen and oxygen atoms in total. The number of rotatable bonds is 6. The first-order valence-corrected chi connectivity index (χ1v) is 13.6. The molecule has 3 aromatic carbocycles. The molecular formula is C33H39N3O4. The fourth-order valence-corrected chi connectivity index (χ4v) is 5.65. The molecule has 0 radical (unpaired) electrons. The molecule has 0 spiro atoms. The molecule has 2 amide bonds. The molecule has 1 aliphatic rings. The second kappa shape index (κ2) is 11.3. The summed E-state index contributed by atoms with van der Waals surface area (Å²) in [5.74, 6) is -4.44. The predicted molar refractivity (Wildman–Crippen MR) is 160 cm³/mol. The van der Waals surface area contributed by atoms with E-state index in [0.717, 1.165) is 27.9 Å². The van der Waals surface area contributed by atoms with Crippen molar-refractivity contribution in [2.24, 2.45) is 11.8 Å². The van der Waals surface area contributed by atoms with Gasteiger partial charge in [-0.2, -0.15) is 0 Å². The normalized spacial score (nSPS) is 22.5. The van der Waals surface area contributed by atoms with Gasteiger partial charge in [-0.05, 0) is 86.7 Å². The summed E-state index contributed by atoms with van der Waals surface area (Å²) >= 11 is 0. The molecule has 3 aromatic rings. The van der Waals surface area contributed by atoms with Gasteiger partial charge in [-0.15, -0.1) is 0 Å². The molecule has 40 heavy (non-hydrogen) atoms. The Kier molecular flexibility index (Phi) is 8.17. The van der Waals surface area contributed by atoms with Crippen molar-refractivity contribution in [1.29, 1.82) is 0 Å². The van der Waals surface area contributed by atoms with Crippen molar-refractivity contribution in [3.63, 3.8) is 0 Å². The van der Waals surface area contributed by atoms with E-state index in [4.69, 9.17) is 0 Å². The van der Waals surface area contributed by atoms with Gasteiger partial charge in [0.15, 0.2) is 0 Å². The summed E-state index contributed by atoms with van der Waals surface area (Å²) < 4.78 is 0. The van der Waals surface area contributed by atoms with Gasteiger partial charge in [0.1, 0.15) is 11.7 Å². The molecule has 0 bridgehead atoms. The SMILES string of the molecule is Cc1ccc(C)c(NC(=O)C2C(=O)CC(C)(O)C(C(=O)Nc3cc(C)ccc3C)C2c2ccc(N(C)C)cc2)c1. The molecule has 4 atom stereocenters. The Morgan fingerprint density at radius 1 is 0.825 bits per heavy atom. The Balaban J connectivity index is 1.81. The van der Waals surface area contributed by atoms with E-state index >= 15 is 0 Å². The molecule has 1 aliphatic carbocycles. The summed E-state index contributed by atoms with van der Waals surface area (Å²) in [6.07, 6.45) is -0.310. The topological polar surface area (TPSA) is 98.7 Å². The zero-order valence-electron chi connectivity index (χ0n) is 24.3. The van der Waals surface area contributed by atoms with Crippen LogP contribution in [0.1, 0.15) is 47.1 Å². The highest BCUT2D eigenvalue weighted by Gasteiger charge is 2.56. The van der Waals surface area contributed by atoms with E-state index in [0.29, 0.717) is 16.9 Å². The minimum atomic E-state index is -1.67. The summed E-state index contributed by atoms with van der Waals surface area (Å²) in [7, 11) is 3.84. The first-order chi connectivity index (χ1) is 18.8. The molecule has 0 heterocycles. The van der Waals surface area contributed by atoms with Crippen molar-refractivity contribution < 1.29 is 19.5 Å². The quantitative estimate of drug-likeness (QED) is 0.368. The number of hydrogen-bond donors (Lipinski definition) is 3. The third-order valence-electron chi connectivity index (χ3n) is 7.93. The summed E-state index contributed by atoms with van der Waals surface area (Å²) in [6, 6.07) is 19.0. The standard InChI is InChI=1S/C33H39N3O4/c1-19-8-10-21(3)25(16-19)34-31(38)29-27(37)18-33(5,40)30(28(29)23-12-14-24(15-13-23)36(6)7)32(39)35-26-17-20(2)9-11-22(26)4/h8-17,28-30,40H,18H2,1-7H3,(H,34,38)(H,35,39). The van der Waals surface area contributed by atoms with Crippen LogP contribution in [-0.4, -0.2) is 42.4 Å². The van der Waals surface area contributed by atoms with E-state index < -0.39 is 41.0 Å². The van der Waals surface area contributed by atoms with Crippen LogP contribution in [0.25, 0.3) is 0 Å². The number of Topliss-reactive ketones (excluding diaryl/α,β-unsaturated/α-hetero) is 1. The highest BCUT2D eigenvalue weighted by molar-refractivity contribution is 6.10. The fourth-order valence-electron chi connectivity index (χ4n) is 5.65. The molecule has 3 N–H and O–H groups in total. The predicted octanol–water partition coefficient (Wildman–Crippen LogP) is 5.30. The number of carbonyl (C=O) groups excluding carboxylic acids is 3. The van der Waals surface area contributed by atoms with Crippen molar-refractivity contribution in [3.05, 3.63) is 88.5 Å². The fraction of sp³-hybridized carbons (Fsp3) is 0.364. The molecule has 1 fully saturated rings. The number of nitrogens with one attached hydrogen (secondary N) is 2. The Labute approximate surface area is 236 Å². The number of benzene rings is 3. The molecule has 4 rings (SSSR count). The number of anilines is 3. The van der Waals surface area contributed by atoms with Crippen LogP contribution in [0.2, 0.25) is 0 Å². The first-order valence-electron chi connectivity index (χ1n) is 13.6. The van der Waals surface area contributed by atoms with Crippen LogP contribution < -0.4 is 15.5 Å². The average molecular weight is 542 g/mol. The van der Waals surface area contributed by atoms with E-state index in [-0.39, 0.29) is 6.42 Å². The van der Waals surface area contributed by atoms with Crippen LogP contribution in [-0.2, 0) is 14.4 Å². The molecule has 0 aromatic heterocycles. The Hall–Kier alpha value is -3.97. The summed E-state index contributed by atoms with van der Waals surface area (Å²) in [5.41, 5.74) is 4.86. The molecular weight excluding hydrogens is 502 g/mol. The second-order valence-corrected chi connectivity index (χ2v) is 11.6. The maximum Gasteiger partial charge on any atom is 0.235 e. The van der Waals surface area contributed by atoms with E-state index in [1.54, 1.807) is 0 Å². The number of aliphatic hydroxyl groups is 1. The van der Waals surface area contributed by atoms with Crippen LogP contribution in [0.3, 0.4) is 0 Å². The lowest BCUT2D eigenvalue weighted by molar-refractivity contribution is -0.150. The van der Waals surface area contributed by atoms with E-state index in [2.05, 4.69) is 10.6 Å². The highest BCUT2D eigenvalue weighted by atomic mass is 16.3. The number of amides is 2. The van der Waals surface area contributed by atoms with Gasteiger partial charge in [-0.1, -0.05) is 36.4 Å². The number of nitrogens with zero attached hydrogens (tertiary/aromatic N) is 1. The molecule has 7 heteroatoms. The monoisotopic (exact) mass is 541 g/mol. The largest absolute Gasteiger partial charge is 0.389 e. The number of aryl methyl sites for hydroxylation is 4. The van der Waals surface area contributed by atoms with Gasteiger partial charge in [-0.3, -0.25) is 14.4 Å². The van der Waals surface area contributed by atoms with Gasteiger partial charge in [0.25, 0.3) is 0 Å². The van der Waals surface area contributed by atoms with Gasteiger partial charge >= 0.3 is 0 Å². The summed E-state index contributed by atoms with van der Waals surface area (Å²) in [5, 5.41) is 17.5. The lowest BCUT2D eigenvalue weighted by atomic mass is 9.61. The second-order valence-electron chi connectivity index (χ2n) is 11.6. The summed E-state index contributed by atoms with van der Waals surface area (Å²) in [4.78, 5) is 43.5. The highest BCUT2D eigenvalue weighted by Crippen LogP contribution is 2.47. The van der Waals surface area contributed by atoms with Crippen LogP contribution in [0, 0.1) is 39.5 Å². The lowest BCUT2D eigenvalue weighted by Gasteiger charge is -2.44. The molecule has 4 unspecified atom stereocenters. The first kappa shape index (κ1) is 29.0. The zero-order valence-corrected chi connectivity index (χ0v) is 24.3. The van der Waals surface area contributed by atoms with Crippen molar-refractivity contribution in [1.82, 2.24) is 0 Å². The van der Waals surface area contributed by atoms with Gasteiger partial charge in [-0.25, -0.2) is 0 Å². The van der Waals surface area contributed by atoms with Gasteiger partial charge in [0.05, 0.1) is 11.5 Å². The van der Waals surface area contributed by atoms with Crippen molar-refractivity contribution >= 4 is 34.7 Å². The third kappa shape index (κ3) is 5.94. The zero-order chi connectivity index (χ0) is 29.4. The van der Waals surface area contributed by atoms with Crippen LogP contribution in [0.15, 0.2) is 60.7 Å². The minimum Gasteiger partial charge on any atom is -0.389 e. The molecule has 0 saturated heterocycles. The minimum absolute atomic E-state index is 0.310. The average Bonchev–Trinajstić information content (AvgIpc) is 2.87. The van der Waals surface area contributed by atoms with Crippen molar-refractivity contribution in [2.75, 3.05) is 29.6 Å². The number of ketones is 1. The lowest BCUT2D eigenvalue weighted by Crippen LogP contribution is -2.56. The van der Waals surface area contributed by atoms with E-state index in [1.165, 1.54) is 6.92 Å². The Morgan fingerprint density at radius 2 is 1.32 bits per heavy atom. The smallest absolute Gasteiger partial charge is 0.235 e. The van der Waals surface area contributed by atoms with Gasteiger partial charge in [0.2, 0.25) is 11.8 Å². The van der Waals surface area contributed by atoms with Crippen LogP contribution >= 0.6 is 0 Å². The number of carbonyl (C=O) groups is 3. The van der Waals surface area contributed by atoms with E-state index in [1.807, 2.05) is 107 Å². The Bertz CT molecular complexity index is 1440. The molecule has 0 aliphatic heterocycles. The molecule has 210 valence electrons. The van der Waals surface area contributed by atoms with E-state index in [9.17, 15) is 19.5 Å². The maximum atomic E-state index is 14.0. The third-order valence-corrected chi connectivity index (χ3v) is 7.93. The maximum absolute atomic E-state index is 14.0. The molecule has 1 saturated carbocycles. The Morgan fingerprint density at radius 3 is 1.82 bits per heavy atom. The summed E-state index contributed by atoms with van der Waals surface area (Å²) in [6.45, 7) is 9.17. The number of hydrogen-bond acceptors (Lipinski definition) is 5.